The minimum atomic E-state index is -5.75. The third-order valence-corrected chi connectivity index (χ3v) is 5.30. The Morgan fingerprint density at radius 3 is 2.27 bits per heavy atom. The fraction of sp³-hybridized carbons (Fsp3) is 0.615. The van der Waals surface area contributed by atoms with Crippen LogP contribution >= 0.6 is 0 Å². The van der Waals surface area contributed by atoms with Crippen LogP contribution in [0.2, 0.25) is 0 Å². The smallest absolute Gasteiger partial charge is 0.259 e. The maximum absolute atomic E-state index is 13.2. The molecule has 3 nitrogen and oxygen atoms in total. The number of hydrogen-bond acceptors (Lipinski definition) is 3. The highest BCUT2D eigenvalue weighted by atomic mass is 32.2. The summed E-state index contributed by atoms with van der Waals surface area (Å²) in [5.41, 5.74) is -0.181. The largest absolute Gasteiger partial charge is 0.453 e. The first kappa shape index (κ1) is 17.1. The van der Waals surface area contributed by atoms with E-state index in [0.717, 1.165) is 12.8 Å². The predicted octanol–water partition coefficient (Wildman–Crippen LogP) is 3.49. The van der Waals surface area contributed by atoms with Gasteiger partial charge in [0.25, 0.3) is 0 Å². The average Bonchev–Trinajstić information content (AvgIpc) is 3.21. The molecule has 0 aromatic carbocycles. The molecule has 1 aromatic heterocycles. The second-order valence-electron chi connectivity index (χ2n) is 5.27. The number of alkyl halides is 5. The molecule has 0 spiro atoms. The van der Waals surface area contributed by atoms with Crippen molar-refractivity contribution < 1.29 is 30.4 Å². The number of sulfone groups is 1. The van der Waals surface area contributed by atoms with Crippen LogP contribution in [0.1, 0.15) is 36.9 Å². The Hall–Kier alpha value is -1.25. The molecular formula is C13H14F5NO2S. The van der Waals surface area contributed by atoms with E-state index < -0.39 is 44.7 Å². The van der Waals surface area contributed by atoms with Gasteiger partial charge in [-0.1, -0.05) is 6.92 Å². The SMILES string of the molecule is CCS(=O)(=O)c1cc(C2CC2)cnc1CC(F)(F)C(F)(F)F. The molecule has 2 rings (SSSR count). The molecule has 1 saturated carbocycles. The van der Waals surface area contributed by atoms with Crippen LogP contribution in [0, 0.1) is 0 Å². The summed E-state index contributed by atoms with van der Waals surface area (Å²) in [5.74, 6) is -5.32. The summed E-state index contributed by atoms with van der Waals surface area (Å²) in [5, 5.41) is 0. The molecule has 0 atom stereocenters. The van der Waals surface area contributed by atoms with Crippen LogP contribution in [0.5, 0.6) is 0 Å². The Labute approximate surface area is 124 Å². The fourth-order valence-corrected chi connectivity index (χ4v) is 3.11. The van der Waals surface area contributed by atoms with Crippen LogP contribution in [-0.2, 0) is 16.3 Å². The fourth-order valence-electron chi connectivity index (χ4n) is 2.00. The molecule has 0 unspecified atom stereocenters. The van der Waals surface area contributed by atoms with Crippen LogP contribution in [0.15, 0.2) is 17.2 Å². The number of pyridine rings is 1. The lowest BCUT2D eigenvalue weighted by Crippen LogP contribution is -2.39. The van der Waals surface area contributed by atoms with Gasteiger partial charge in [-0.25, -0.2) is 8.42 Å². The third kappa shape index (κ3) is 3.39. The van der Waals surface area contributed by atoms with Crippen molar-refractivity contribution in [2.24, 2.45) is 0 Å². The Kier molecular flexibility index (Phi) is 4.23. The van der Waals surface area contributed by atoms with E-state index >= 15 is 0 Å². The number of aromatic nitrogens is 1. The summed E-state index contributed by atoms with van der Waals surface area (Å²) in [6, 6.07) is 1.19. The van der Waals surface area contributed by atoms with Crippen LogP contribution in [0.25, 0.3) is 0 Å². The van der Waals surface area contributed by atoms with Gasteiger partial charge in [0.1, 0.15) is 0 Å². The molecule has 1 heterocycles. The quantitative estimate of drug-likeness (QED) is 0.769. The molecule has 0 amide bonds. The van der Waals surface area contributed by atoms with Crippen molar-refractivity contribution in [3.63, 3.8) is 0 Å². The first-order valence-corrected chi connectivity index (χ1v) is 8.29. The van der Waals surface area contributed by atoms with E-state index in [9.17, 15) is 30.4 Å². The van der Waals surface area contributed by atoms with Gasteiger partial charge in [0.2, 0.25) is 0 Å². The number of halogens is 5. The molecule has 1 aliphatic carbocycles. The normalized spacial score (nSPS) is 16.8. The van der Waals surface area contributed by atoms with Gasteiger partial charge in [-0.15, -0.1) is 0 Å². The molecule has 0 saturated heterocycles. The van der Waals surface area contributed by atoms with Gasteiger partial charge in [-0.2, -0.15) is 22.0 Å². The highest BCUT2D eigenvalue weighted by molar-refractivity contribution is 7.91. The number of nitrogens with zero attached hydrogens (tertiary/aromatic N) is 1. The van der Waals surface area contributed by atoms with Crippen molar-refractivity contribution in [3.8, 4) is 0 Å². The zero-order chi connectivity index (χ0) is 16.8. The van der Waals surface area contributed by atoms with E-state index in [1.807, 2.05) is 0 Å². The summed E-state index contributed by atoms with van der Waals surface area (Å²) >= 11 is 0. The predicted molar refractivity (Wildman–Crippen MR) is 68.6 cm³/mol. The summed E-state index contributed by atoms with van der Waals surface area (Å²) in [6.45, 7) is 1.30. The van der Waals surface area contributed by atoms with E-state index in [4.69, 9.17) is 0 Å². The minimum Gasteiger partial charge on any atom is -0.259 e. The van der Waals surface area contributed by atoms with Gasteiger partial charge in [0.15, 0.2) is 9.84 Å². The van der Waals surface area contributed by atoms with Gasteiger partial charge in [-0.05, 0) is 30.4 Å². The van der Waals surface area contributed by atoms with E-state index in [-0.39, 0.29) is 5.92 Å². The van der Waals surface area contributed by atoms with E-state index in [1.54, 1.807) is 0 Å². The van der Waals surface area contributed by atoms with E-state index in [1.165, 1.54) is 19.2 Å². The van der Waals surface area contributed by atoms with Gasteiger partial charge < -0.3 is 0 Å². The first-order valence-electron chi connectivity index (χ1n) is 6.64. The minimum absolute atomic E-state index is 0.107. The zero-order valence-corrected chi connectivity index (χ0v) is 12.4. The lowest BCUT2D eigenvalue weighted by molar-refractivity contribution is -0.281. The van der Waals surface area contributed by atoms with Gasteiger partial charge in [-0.3, -0.25) is 4.98 Å². The molecule has 1 aromatic rings. The first-order chi connectivity index (χ1) is 9.98. The van der Waals surface area contributed by atoms with Crippen molar-refractivity contribution in [3.05, 3.63) is 23.5 Å². The Morgan fingerprint density at radius 1 is 1.23 bits per heavy atom. The Bertz CT molecular complexity index is 665. The summed E-state index contributed by atoms with van der Waals surface area (Å²) < 4.78 is 87.3. The topological polar surface area (TPSA) is 47.0 Å². The molecule has 1 fully saturated rings. The lowest BCUT2D eigenvalue weighted by Gasteiger charge is -2.20. The van der Waals surface area contributed by atoms with Crippen LogP contribution in [0.3, 0.4) is 0 Å². The molecule has 22 heavy (non-hydrogen) atoms. The van der Waals surface area contributed by atoms with Gasteiger partial charge in [0.05, 0.1) is 22.8 Å². The molecular weight excluding hydrogens is 329 g/mol. The standard InChI is InChI=1S/C13H14F5NO2S/c1-2-22(20,21)11-5-9(8-3-4-8)7-19-10(11)6-12(14,15)13(16,17)18/h5,7-8H,2-4,6H2,1H3. The Morgan fingerprint density at radius 2 is 1.82 bits per heavy atom. The van der Waals surface area contributed by atoms with Gasteiger partial charge >= 0.3 is 12.1 Å². The second-order valence-corrected chi connectivity index (χ2v) is 7.52. The highest BCUT2D eigenvalue weighted by Crippen LogP contribution is 2.42. The molecule has 1 aliphatic rings. The van der Waals surface area contributed by atoms with Crippen molar-refractivity contribution in [2.45, 2.75) is 49.1 Å². The van der Waals surface area contributed by atoms with Crippen LogP contribution in [-0.4, -0.2) is 31.3 Å². The average molecular weight is 343 g/mol. The maximum Gasteiger partial charge on any atom is 0.453 e. The van der Waals surface area contributed by atoms with E-state index in [0.29, 0.717) is 5.56 Å². The third-order valence-electron chi connectivity index (χ3n) is 3.52. The van der Waals surface area contributed by atoms with Crippen LogP contribution in [0.4, 0.5) is 22.0 Å². The van der Waals surface area contributed by atoms with Crippen molar-refractivity contribution in [1.29, 1.82) is 0 Å². The highest BCUT2D eigenvalue weighted by Gasteiger charge is 2.57. The molecule has 9 heteroatoms. The molecule has 0 aliphatic heterocycles. The van der Waals surface area contributed by atoms with Crippen LogP contribution < -0.4 is 0 Å². The molecule has 124 valence electrons. The number of hydrogen-bond donors (Lipinski definition) is 0. The Balaban J connectivity index is 2.47. The van der Waals surface area contributed by atoms with Crippen molar-refractivity contribution in [1.82, 2.24) is 4.98 Å². The number of rotatable bonds is 5. The summed E-state index contributed by atoms with van der Waals surface area (Å²) in [4.78, 5) is 3.07. The molecule has 0 bridgehead atoms. The summed E-state index contributed by atoms with van der Waals surface area (Å²) in [7, 11) is -3.94. The molecule has 0 radical (unpaired) electrons. The van der Waals surface area contributed by atoms with Crippen molar-refractivity contribution in [2.75, 3.05) is 5.75 Å². The summed E-state index contributed by atoms with van der Waals surface area (Å²) in [6.07, 6.45) is -4.70. The lowest BCUT2D eigenvalue weighted by atomic mass is 10.1. The monoisotopic (exact) mass is 343 g/mol. The van der Waals surface area contributed by atoms with Gasteiger partial charge in [0, 0.05) is 6.20 Å². The van der Waals surface area contributed by atoms with Crippen molar-refractivity contribution >= 4 is 9.84 Å². The zero-order valence-electron chi connectivity index (χ0n) is 11.6. The van der Waals surface area contributed by atoms with E-state index in [2.05, 4.69) is 4.98 Å². The molecule has 0 N–H and O–H groups in total. The maximum atomic E-state index is 13.2. The second kappa shape index (κ2) is 5.43.